The van der Waals surface area contributed by atoms with Gasteiger partial charge in [-0.2, -0.15) is 4.31 Å². The molecular weight excluding hydrogens is 312 g/mol. The minimum absolute atomic E-state index is 0.0885. The molecule has 0 aliphatic carbocycles. The van der Waals surface area contributed by atoms with Crippen LogP contribution >= 0.6 is 0 Å². The second kappa shape index (κ2) is 7.71. The summed E-state index contributed by atoms with van der Waals surface area (Å²) in [5.74, 6) is -0.697. The molecule has 120 valence electrons. The summed E-state index contributed by atoms with van der Waals surface area (Å²) in [6.45, 7) is -0.276. The van der Waals surface area contributed by atoms with E-state index in [2.05, 4.69) is 0 Å². The average molecular weight is 330 g/mol. The van der Waals surface area contributed by atoms with E-state index < -0.39 is 15.9 Å². The Kier molecular flexibility index (Phi) is 5.67. The second-order valence-corrected chi connectivity index (χ2v) is 6.80. The number of benzene rings is 2. The Morgan fingerprint density at radius 1 is 1.00 bits per heavy atom. The Morgan fingerprint density at radius 2 is 1.57 bits per heavy atom. The van der Waals surface area contributed by atoms with Gasteiger partial charge in [-0.25, -0.2) is 8.42 Å². The van der Waals surface area contributed by atoms with Crippen molar-refractivity contribution in [2.24, 2.45) is 5.73 Å². The lowest BCUT2D eigenvalue weighted by Crippen LogP contribution is -2.36. The monoisotopic (exact) mass is 330 g/mol. The van der Waals surface area contributed by atoms with Crippen molar-refractivity contribution in [2.45, 2.75) is 6.54 Å². The van der Waals surface area contributed by atoms with E-state index in [0.717, 1.165) is 20.8 Å². The molecule has 0 saturated carbocycles. The predicted octanol–water partition coefficient (Wildman–Crippen LogP) is 1.97. The van der Waals surface area contributed by atoms with Gasteiger partial charge in [-0.3, -0.25) is 4.79 Å². The molecule has 2 aromatic carbocycles. The summed E-state index contributed by atoms with van der Waals surface area (Å²) in [5, 5.41) is 1.09. The Hall–Kier alpha value is -2.44. The average Bonchev–Trinajstić information content (AvgIpc) is 2.54. The summed E-state index contributed by atoms with van der Waals surface area (Å²) in [6, 6.07) is 18.1. The molecular formula is C17H18N2O3S. The zero-order valence-electron chi connectivity index (χ0n) is 12.5. The zero-order chi connectivity index (χ0) is 16.7. The molecule has 2 N–H and O–H groups in total. The van der Waals surface area contributed by atoms with Crippen LogP contribution in [0.1, 0.15) is 11.1 Å². The first-order chi connectivity index (χ1) is 11.0. The third-order valence-corrected chi connectivity index (χ3v) is 4.58. The maximum absolute atomic E-state index is 12.5. The van der Waals surface area contributed by atoms with E-state index in [-0.39, 0.29) is 13.1 Å². The normalized spacial score (nSPS) is 11.9. The van der Waals surface area contributed by atoms with Crippen LogP contribution < -0.4 is 5.73 Å². The standard InChI is InChI=1S/C17H18N2O3S/c18-17(20)14-19(13-16-9-5-2-6-10-16)23(21,22)12-11-15-7-3-1-4-8-15/h1-12H,13-14H2,(H2,18,20)/b12-11-. The van der Waals surface area contributed by atoms with Gasteiger partial charge in [0, 0.05) is 12.0 Å². The van der Waals surface area contributed by atoms with E-state index in [4.69, 9.17) is 5.73 Å². The summed E-state index contributed by atoms with van der Waals surface area (Å²) in [7, 11) is -3.76. The third-order valence-electron chi connectivity index (χ3n) is 3.13. The van der Waals surface area contributed by atoms with Crippen LogP contribution in [0, 0.1) is 0 Å². The summed E-state index contributed by atoms with van der Waals surface area (Å²) < 4.78 is 26.0. The number of nitrogens with zero attached hydrogens (tertiary/aromatic N) is 1. The number of sulfonamides is 1. The molecule has 0 saturated heterocycles. The highest BCUT2D eigenvalue weighted by Crippen LogP contribution is 2.12. The number of primary amides is 1. The molecule has 0 heterocycles. The second-order valence-electron chi connectivity index (χ2n) is 4.98. The number of carbonyl (C=O) groups excluding carboxylic acids is 1. The summed E-state index contributed by atoms with van der Waals surface area (Å²) in [5.41, 5.74) is 6.72. The van der Waals surface area contributed by atoms with E-state index in [0.29, 0.717) is 0 Å². The highest BCUT2D eigenvalue weighted by atomic mass is 32.2. The van der Waals surface area contributed by atoms with Crippen LogP contribution in [0.25, 0.3) is 6.08 Å². The van der Waals surface area contributed by atoms with Gasteiger partial charge >= 0.3 is 0 Å². The molecule has 2 rings (SSSR count). The molecule has 0 aromatic heterocycles. The van der Waals surface area contributed by atoms with Gasteiger partial charge in [0.2, 0.25) is 15.9 Å². The predicted molar refractivity (Wildman–Crippen MR) is 90.4 cm³/mol. The Morgan fingerprint density at radius 3 is 2.13 bits per heavy atom. The quantitative estimate of drug-likeness (QED) is 0.843. The molecule has 0 radical (unpaired) electrons. The topological polar surface area (TPSA) is 80.5 Å². The number of hydrogen-bond donors (Lipinski definition) is 1. The highest BCUT2D eigenvalue weighted by molar-refractivity contribution is 7.92. The fraction of sp³-hybridized carbons (Fsp3) is 0.118. The Bertz CT molecular complexity index is 772. The number of carbonyl (C=O) groups is 1. The van der Waals surface area contributed by atoms with E-state index in [9.17, 15) is 13.2 Å². The van der Waals surface area contributed by atoms with Gasteiger partial charge in [-0.15, -0.1) is 0 Å². The SMILES string of the molecule is NC(=O)CN(Cc1ccccc1)S(=O)(=O)/C=C\c1ccccc1. The van der Waals surface area contributed by atoms with Crippen molar-refractivity contribution in [2.75, 3.05) is 6.54 Å². The van der Waals surface area contributed by atoms with Crippen LogP contribution in [-0.2, 0) is 21.4 Å². The first-order valence-electron chi connectivity index (χ1n) is 7.03. The van der Waals surface area contributed by atoms with Crippen LogP contribution in [0.2, 0.25) is 0 Å². The fourth-order valence-corrected chi connectivity index (χ4v) is 3.15. The lowest BCUT2D eigenvalue weighted by molar-refractivity contribution is -0.118. The molecule has 0 aliphatic rings. The fourth-order valence-electron chi connectivity index (χ4n) is 2.01. The van der Waals surface area contributed by atoms with Gasteiger partial charge in [0.25, 0.3) is 0 Å². The first kappa shape index (κ1) is 16.9. The summed E-state index contributed by atoms with van der Waals surface area (Å²) in [6.07, 6.45) is 1.49. The van der Waals surface area contributed by atoms with Crippen molar-refractivity contribution >= 4 is 22.0 Å². The van der Waals surface area contributed by atoms with Crippen molar-refractivity contribution in [1.29, 1.82) is 0 Å². The zero-order valence-corrected chi connectivity index (χ0v) is 13.3. The minimum Gasteiger partial charge on any atom is -0.369 e. The molecule has 0 fully saturated rings. The van der Waals surface area contributed by atoms with Gasteiger partial charge in [-0.05, 0) is 17.2 Å². The van der Waals surface area contributed by atoms with Gasteiger partial charge < -0.3 is 5.73 Å². The smallest absolute Gasteiger partial charge is 0.237 e. The van der Waals surface area contributed by atoms with Gasteiger partial charge in [-0.1, -0.05) is 60.7 Å². The molecule has 0 bridgehead atoms. The molecule has 0 atom stereocenters. The van der Waals surface area contributed by atoms with Crippen LogP contribution in [-0.4, -0.2) is 25.2 Å². The van der Waals surface area contributed by atoms with E-state index >= 15 is 0 Å². The van der Waals surface area contributed by atoms with Crippen LogP contribution in [0.5, 0.6) is 0 Å². The number of nitrogens with two attached hydrogens (primary N) is 1. The largest absolute Gasteiger partial charge is 0.369 e. The van der Waals surface area contributed by atoms with Crippen LogP contribution in [0.4, 0.5) is 0 Å². The van der Waals surface area contributed by atoms with Gasteiger partial charge in [0.05, 0.1) is 6.54 Å². The van der Waals surface area contributed by atoms with Crippen molar-refractivity contribution < 1.29 is 13.2 Å². The molecule has 5 nitrogen and oxygen atoms in total. The van der Waals surface area contributed by atoms with Crippen molar-refractivity contribution in [3.8, 4) is 0 Å². The van der Waals surface area contributed by atoms with Gasteiger partial charge in [0.1, 0.15) is 0 Å². The van der Waals surface area contributed by atoms with Gasteiger partial charge in [0.15, 0.2) is 0 Å². The minimum atomic E-state index is -3.76. The Balaban J connectivity index is 2.22. The molecule has 1 amide bonds. The van der Waals surface area contributed by atoms with Crippen LogP contribution in [0.3, 0.4) is 0 Å². The lowest BCUT2D eigenvalue weighted by Gasteiger charge is -2.18. The molecule has 23 heavy (non-hydrogen) atoms. The molecule has 6 heteroatoms. The summed E-state index contributed by atoms with van der Waals surface area (Å²) >= 11 is 0. The number of hydrogen-bond acceptors (Lipinski definition) is 3. The highest BCUT2D eigenvalue weighted by Gasteiger charge is 2.21. The van der Waals surface area contributed by atoms with Crippen molar-refractivity contribution in [1.82, 2.24) is 4.31 Å². The number of amides is 1. The lowest BCUT2D eigenvalue weighted by atomic mass is 10.2. The molecule has 0 unspecified atom stereocenters. The van der Waals surface area contributed by atoms with E-state index in [1.807, 2.05) is 36.4 Å². The molecule has 0 spiro atoms. The first-order valence-corrected chi connectivity index (χ1v) is 8.53. The van der Waals surface area contributed by atoms with E-state index in [1.165, 1.54) is 6.08 Å². The Labute approximate surface area is 136 Å². The van der Waals surface area contributed by atoms with Crippen molar-refractivity contribution in [3.63, 3.8) is 0 Å². The summed E-state index contributed by atoms with van der Waals surface area (Å²) in [4.78, 5) is 11.2. The third kappa shape index (κ3) is 5.36. The molecule has 2 aromatic rings. The number of rotatable bonds is 7. The molecule has 0 aliphatic heterocycles. The maximum atomic E-state index is 12.5. The maximum Gasteiger partial charge on any atom is 0.237 e. The van der Waals surface area contributed by atoms with Crippen LogP contribution in [0.15, 0.2) is 66.1 Å². The van der Waals surface area contributed by atoms with Crippen molar-refractivity contribution in [3.05, 3.63) is 77.2 Å². The van der Waals surface area contributed by atoms with E-state index in [1.54, 1.807) is 24.3 Å².